The van der Waals surface area contributed by atoms with Crippen LogP contribution in [0.1, 0.15) is 41.9 Å². The predicted octanol–water partition coefficient (Wildman–Crippen LogP) is 3.40. The van der Waals surface area contributed by atoms with Crippen LogP contribution in [0.25, 0.3) is 0 Å². The first-order valence-electron chi connectivity index (χ1n) is 5.52. The molecule has 0 radical (unpaired) electrons. The molecule has 16 heavy (non-hydrogen) atoms. The lowest BCUT2D eigenvalue weighted by atomic mass is 10.1. The number of carboxylic acid groups (broad SMARTS) is 1. The minimum absolute atomic E-state index is 0.392. The van der Waals surface area contributed by atoms with Crippen LogP contribution in [0.3, 0.4) is 0 Å². The van der Waals surface area contributed by atoms with E-state index in [1.54, 1.807) is 5.38 Å². The molecule has 1 atom stereocenters. The van der Waals surface area contributed by atoms with Crippen molar-refractivity contribution < 1.29 is 14.6 Å². The molecule has 0 amide bonds. The molecule has 4 heteroatoms. The van der Waals surface area contributed by atoms with Crippen molar-refractivity contribution >= 4 is 17.3 Å². The van der Waals surface area contributed by atoms with E-state index in [4.69, 9.17) is 9.84 Å². The van der Waals surface area contributed by atoms with Crippen LogP contribution in [-0.4, -0.2) is 17.7 Å². The number of hydrogen-bond acceptors (Lipinski definition) is 3. The molecule has 3 nitrogen and oxygen atoms in total. The molecule has 90 valence electrons. The second-order valence-corrected chi connectivity index (χ2v) is 4.91. The van der Waals surface area contributed by atoms with Crippen LogP contribution in [0, 0.1) is 5.92 Å². The number of rotatable bonds is 7. The van der Waals surface area contributed by atoms with Crippen LogP contribution >= 0.6 is 11.3 Å². The molecular formula is C12H18O3S. The summed E-state index contributed by atoms with van der Waals surface area (Å²) < 4.78 is 5.53. The minimum atomic E-state index is -0.866. The summed E-state index contributed by atoms with van der Waals surface area (Å²) in [5.41, 5.74) is 0.779. The Morgan fingerprint density at radius 3 is 3.00 bits per heavy atom. The van der Waals surface area contributed by atoms with Crippen LogP contribution < -0.4 is 0 Å². The van der Waals surface area contributed by atoms with Crippen molar-refractivity contribution in [3.63, 3.8) is 0 Å². The molecule has 0 saturated carbocycles. The molecule has 0 bridgehead atoms. The van der Waals surface area contributed by atoms with Crippen LogP contribution in [0.15, 0.2) is 11.4 Å². The summed E-state index contributed by atoms with van der Waals surface area (Å²) >= 11 is 1.25. The van der Waals surface area contributed by atoms with Crippen molar-refractivity contribution in [1.29, 1.82) is 0 Å². The summed E-state index contributed by atoms with van der Waals surface area (Å²) in [5.74, 6) is -0.327. The van der Waals surface area contributed by atoms with E-state index in [1.807, 2.05) is 6.07 Å². The van der Waals surface area contributed by atoms with Crippen LogP contribution in [-0.2, 0) is 11.3 Å². The number of ether oxygens (including phenoxy) is 1. The predicted molar refractivity (Wildman–Crippen MR) is 65.0 cm³/mol. The van der Waals surface area contributed by atoms with E-state index in [1.165, 1.54) is 11.3 Å². The maximum atomic E-state index is 10.8. The Morgan fingerprint density at radius 2 is 2.38 bits per heavy atom. The first-order valence-corrected chi connectivity index (χ1v) is 6.40. The zero-order valence-corrected chi connectivity index (χ0v) is 10.5. The topological polar surface area (TPSA) is 46.5 Å². The van der Waals surface area contributed by atoms with Gasteiger partial charge in [0.15, 0.2) is 0 Å². The number of hydrogen-bond donors (Lipinski definition) is 1. The Morgan fingerprint density at radius 1 is 1.62 bits per heavy atom. The van der Waals surface area contributed by atoms with Crippen molar-refractivity contribution in [2.24, 2.45) is 5.92 Å². The van der Waals surface area contributed by atoms with Crippen molar-refractivity contribution in [2.75, 3.05) is 6.61 Å². The van der Waals surface area contributed by atoms with Gasteiger partial charge in [-0.05, 0) is 23.8 Å². The van der Waals surface area contributed by atoms with Gasteiger partial charge in [0.05, 0.1) is 6.61 Å². The van der Waals surface area contributed by atoms with Gasteiger partial charge in [-0.3, -0.25) is 0 Å². The third-order valence-electron chi connectivity index (χ3n) is 2.38. The highest BCUT2D eigenvalue weighted by Crippen LogP contribution is 2.18. The molecule has 1 rings (SSSR count). The maximum absolute atomic E-state index is 10.8. The molecule has 0 aliphatic rings. The summed E-state index contributed by atoms with van der Waals surface area (Å²) in [5, 5.41) is 10.7. The van der Waals surface area contributed by atoms with Gasteiger partial charge in [0.25, 0.3) is 0 Å². The zero-order chi connectivity index (χ0) is 12.0. The van der Waals surface area contributed by atoms with Gasteiger partial charge < -0.3 is 9.84 Å². The van der Waals surface area contributed by atoms with E-state index >= 15 is 0 Å². The van der Waals surface area contributed by atoms with E-state index in [0.717, 1.165) is 18.4 Å². The molecule has 1 heterocycles. The van der Waals surface area contributed by atoms with E-state index in [0.29, 0.717) is 24.0 Å². The van der Waals surface area contributed by atoms with E-state index in [9.17, 15) is 4.79 Å². The van der Waals surface area contributed by atoms with Gasteiger partial charge in [-0.1, -0.05) is 20.3 Å². The number of thiophene rings is 1. The number of carbonyl (C=O) groups is 1. The molecule has 0 spiro atoms. The maximum Gasteiger partial charge on any atom is 0.346 e. The monoisotopic (exact) mass is 242 g/mol. The summed E-state index contributed by atoms with van der Waals surface area (Å²) in [6.07, 6.45) is 2.30. The summed E-state index contributed by atoms with van der Waals surface area (Å²) in [6, 6.07) is 1.82. The molecule has 1 aromatic heterocycles. The summed E-state index contributed by atoms with van der Waals surface area (Å²) in [7, 11) is 0. The lowest BCUT2D eigenvalue weighted by molar-refractivity contribution is 0.0684. The Hall–Kier alpha value is -0.870. The fourth-order valence-corrected chi connectivity index (χ4v) is 2.33. The Balaban J connectivity index is 2.37. The second kappa shape index (κ2) is 6.66. The average molecular weight is 242 g/mol. The smallest absolute Gasteiger partial charge is 0.346 e. The highest BCUT2D eigenvalue weighted by atomic mass is 32.1. The fraction of sp³-hybridized carbons (Fsp3) is 0.583. The largest absolute Gasteiger partial charge is 0.477 e. The molecule has 0 aliphatic heterocycles. The standard InChI is InChI=1S/C12H18O3S/c1-3-4-9(2)7-15-8-10-5-6-16-11(10)12(13)14/h5-6,9H,3-4,7-8H2,1-2H3,(H,13,14). The molecule has 0 aliphatic carbocycles. The number of carboxylic acids is 1. The summed E-state index contributed by atoms with van der Waals surface area (Å²) in [6.45, 7) is 5.40. The first-order chi connectivity index (χ1) is 7.65. The van der Waals surface area contributed by atoms with E-state index < -0.39 is 5.97 Å². The van der Waals surface area contributed by atoms with Gasteiger partial charge >= 0.3 is 5.97 Å². The highest BCUT2D eigenvalue weighted by molar-refractivity contribution is 7.12. The van der Waals surface area contributed by atoms with Crippen molar-refractivity contribution in [3.05, 3.63) is 21.9 Å². The lowest BCUT2D eigenvalue weighted by Gasteiger charge is -2.10. The molecule has 0 fully saturated rings. The van der Waals surface area contributed by atoms with Gasteiger partial charge in [0.2, 0.25) is 0 Å². The molecule has 0 aromatic carbocycles. The first kappa shape index (κ1) is 13.2. The fourth-order valence-electron chi connectivity index (χ4n) is 1.58. The molecule has 0 saturated heterocycles. The molecule has 1 N–H and O–H groups in total. The van der Waals surface area contributed by atoms with Gasteiger partial charge in [-0.15, -0.1) is 11.3 Å². The molecular weight excluding hydrogens is 224 g/mol. The quantitative estimate of drug-likeness (QED) is 0.797. The van der Waals surface area contributed by atoms with Gasteiger partial charge in [-0.2, -0.15) is 0 Å². The minimum Gasteiger partial charge on any atom is -0.477 e. The van der Waals surface area contributed by atoms with Crippen molar-refractivity contribution in [1.82, 2.24) is 0 Å². The lowest BCUT2D eigenvalue weighted by Crippen LogP contribution is -2.07. The van der Waals surface area contributed by atoms with Gasteiger partial charge in [0.1, 0.15) is 4.88 Å². The number of aromatic carboxylic acids is 1. The Labute approximate surface area is 100 Å². The zero-order valence-electron chi connectivity index (χ0n) is 9.73. The molecule has 1 aromatic rings. The highest BCUT2D eigenvalue weighted by Gasteiger charge is 2.11. The van der Waals surface area contributed by atoms with Crippen molar-refractivity contribution in [3.8, 4) is 0 Å². The van der Waals surface area contributed by atoms with E-state index in [-0.39, 0.29) is 0 Å². The SMILES string of the molecule is CCCC(C)COCc1ccsc1C(=O)O. The third-order valence-corrected chi connectivity index (χ3v) is 3.33. The Kier molecular flexibility index (Phi) is 5.49. The van der Waals surface area contributed by atoms with Crippen LogP contribution in [0.2, 0.25) is 0 Å². The van der Waals surface area contributed by atoms with Gasteiger partial charge in [-0.25, -0.2) is 4.79 Å². The van der Waals surface area contributed by atoms with E-state index in [2.05, 4.69) is 13.8 Å². The second-order valence-electron chi connectivity index (χ2n) is 3.99. The van der Waals surface area contributed by atoms with Crippen LogP contribution in [0.5, 0.6) is 0 Å². The Bertz CT molecular complexity index is 333. The molecule has 1 unspecified atom stereocenters. The van der Waals surface area contributed by atoms with Crippen molar-refractivity contribution in [2.45, 2.75) is 33.3 Å². The average Bonchev–Trinajstić information content (AvgIpc) is 2.66. The normalized spacial score (nSPS) is 12.6. The van der Waals surface area contributed by atoms with Gasteiger partial charge in [0, 0.05) is 12.2 Å². The van der Waals surface area contributed by atoms with Crippen LogP contribution in [0.4, 0.5) is 0 Å². The third kappa shape index (κ3) is 3.94. The summed E-state index contributed by atoms with van der Waals surface area (Å²) in [4.78, 5) is 11.2.